The first-order chi connectivity index (χ1) is 17.5. The van der Waals surface area contributed by atoms with E-state index >= 15 is 0 Å². The van der Waals surface area contributed by atoms with E-state index in [0.29, 0.717) is 24.3 Å². The first kappa shape index (κ1) is 27.5. The van der Waals surface area contributed by atoms with Crippen molar-refractivity contribution >= 4 is 29.2 Å². The number of hydrogen-bond acceptors (Lipinski definition) is 6. The van der Waals surface area contributed by atoms with Crippen molar-refractivity contribution in [3.63, 3.8) is 0 Å². The third-order valence-corrected chi connectivity index (χ3v) is 5.77. The van der Waals surface area contributed by atoms with E-state index in [9.17, 15) is 18.8 Å². The number of fused-ring (bicyclic) bond motifs is 3. The van der Waals surface area contributed by atoms with Crippen molar-refractivity contribution in [2.24, 2.45) is 11.0 Å². The Labute approximate surface area is 214 Å². The van der Waals surface area contributed by atoms with Gasteiger partial charge in [-0.25, -0.2) is 19.0 Å². The lowest BCUT2D eigenvalue weighted by Gasteiger charge is -2.33. The molecule has 2 aliphatic rings. The Balaban J connectivity index is 0.000000414. The Kier molecular flexibility index (Phi) is 9.13. The molecule has 1 aliphatic carbocycles. The number of halogens is 1. The molecule has 4 rings (SSSR count). The Morgan fingerprint density at radius 2 is 1.81 bits per heavy atom. The van der Waals surface area contributed by atoms with Crippen LogP contribution in [0, 0.1) is 11.7 Å². The fourth-order valence-corrected chi connectivity index (χ4v) is 4.28. The van der Waals surface area contributed by atoms with E-state index in [1.54, 1.807) is 0 Å². The normalized spacial score (nSPS) is 17.3. The zero-order valence-corrected chi connectivity index (χ0v) is 20.9. The van der Waals surface area contributed by atoms with Gasteiger partial charge in [-0.2, -0.15) is 5.10 Å². The molecule has 2 N–H and O–H groups in total. The maximum Gasteiger partial charge on any atom is 0.328 e. The predicted octanol–water partition coefficient (Wildman–Crippen LogP) is 3.57. The summed E-state index contributed by atoms with van der Waals surface area (Å²) in [6.07, 6.45) is 3.29. The Bertz CT molecular complexity index is 1190. The minimum atomic E-state index is -1.26. The molecule has 0 saturated heterocycles. The van der Waals surface area contributed by atoms with E-state index in [1.165, 1.54) is 17.1 Å². The molecule has 1 amide bonds. The average molecular weight is 512 g/mol. The number of hydrogen-bond donors (Lipinski definition) is 2. The van der Waals surface area contributed by atoms with Gasteiger partial charge in [-0.1, -0.05) is 6.07 Å². The number of likely N-dealkylation sites (N-methyl/N-ethyl adjacent to an activating group) is 1. The van der Waals surface area contributed by atoms with Gasteiger partial charge in [0.1, 0.15) is 17.7 Å². The molecule has 2 unspecified atom stereocenters. The first-order valence-corrected chi connectivity index (χ1v) is 11.8. The summed E-state index contributed by atoms with van der Waals surface area (Å²) >= 11 is 0. The molecule has 0 saturated carbocycles. The van der Waals surface area contributed by atoms with Gasteiger partial charge in [0, 0.05) is 36.6 Å². The molecule has 0 spiro atoms. The standard InChI is InChI=1S/C23H26FN3O2.C4H4O4/c1-15(14-26(2)3)29-20-10-8-19(9-11-20)27-22(28)12-17-5-4-16-6-7-18(24)13-21(16)23(17)25-27;5-3(6)1-2-4(7)8/h6-11,13,15,17H,4-5,12,14H2,1-3H3;1-2H,(H,5,6)(H,7,8). The molecular weight excluding hydrogens is 481 g/mol. The summed E-state index contributed by atoms with van der Waals surface area (Å²) < 4.78 is 19.7. The largest absolute Gasteiger partial charge is 0.489 e. The maximum absolute atomic E-state index is 13.8. The fraction of sp³-hybridized carbons (Fsp3) is 0.333. The molecule has 2 aromatic carbocycles. The Morgan fingerprint density at radius 1 is 1.16 bits per heavy atom. The molecule has 2 atom stereocenters. The molecule has 0 aromatic heterocycles. The Morgan fingerprint density at radius 3 is 2.41 bits per heavy atom. The van der Waals surface area contributed by atoms with Gasteiger partial charge in [0.05, 0.1) is 11.4 Å². The van der Waals surface area contributed by atoms with Crippen LogP contribution < -0.4 is 9.75 Å². The smallest absolute Gasteiger partial charge is 0.328 e. The molecule has 0 bridgehead atoms. The fourth-order valence-electron chi connectivity index (χ4n) is 4.28. The van der Waals surface area contributed by atoms with E-state index in [-0.39, 0.29) is 23.7 Å². The molecule has 1 heterocycles. The number of aryl methyl sites for hydroxylation is 1. The van der Waals surface area contributed by atoms with E-state index in [4.69, 9.17) is 14.9 Å². The number of hydrazone groups is 1. The summed E-state index contributed by atoms with van der Waals surface area (Å²) in [5, 5.41) is 21.7. The third-order valence-electron chi connectivity index (χ3n) is 5.77. The Hall–Kier alpha value is -4.05. The summed E-state index contributed by atoms with van der Waals surface area (Å²) in [6.45, 7) is 2.84. The van der Waals surface area contributed by atoms with Crippen LogP contribution in [0.25, 0.3) is 0 Å². The van der Waals surface area contributed by atoms with Gasteiger partial charge in [-0.15, -0.1) is 0 Å². The van der Waals surface area contributed by atoms with Crippen LogP contribution in [-0.2, 0) is 20.8 Å². The lowest BCUT2D eigenvalue weighted by molar-refractivity contribution is -0.134. The van der Waals surface area contributed by atoms with Gasteiger partial charge in [-0.3, -0.25) is 4.79 Å². The zero-order chi connectivity index (χ0) is 27.1. The molecule has 2 aromatic rings. The van der Waals surface area contributed by atoms with E-state index < -0.39 is 11.9 Å². The van der Waals surface area contributed by atoms with Crippen LogP contribution in [0.4, 0.5) is 10.1 Å². The summed E-state index contributed by atoms with van der Waals surface area (Å²) in [7, 11) is 4.01. The number of amides is 1. The van der Waals surface area contributed by atoms with Crippen molar-refractivity contribution in [3.05, 3.63) is 71.6 Å². The maximum atomic E-state index is 13.8. The number of anilines is 1. The number of carbonyl (C=O) groups excluding carboxylic acids is 1. The zero-order valence-electron chi connectivity index (χ0n) is 20.9. The van der Waals surface area contributed by atoms with Gasteiger partial charge in [0.2, 0.25) is 5.91 Å². The van der Waals surface area contributed by atoms with Crippen LogP contribution in [0.5, 0.6) is 5.75 Å². The number of benzene rings is 2. The van der Waals surface area contributed by atoms with Crippen molar-refractivity contribution in [2.45, 2.75) is 32.3 Å². The summed E-state index contributed by atoms with van der Waals surface area (Å²) in [6, 6.07) is 12.2. The molecule has 1 aliphatic heterocycles. The highest BCUT2D eigenvalue weighted by molar-refractivity contribution is 6.11. The van der Waals surface area contributed by atoms with Crippen molar-refractivity contribution in [1.29, 1.82) is 0 Å². The van der Waals surface area contributed by atoms with E-state index in [0.717, 1.165) is 42.0 Å². The van der Waals surface area contributed by atoms with Crippen LogP contribution in [0.15, 0.2) is 59.7 Å². The molecule has 196 valence electrons. The summed E-state index contributed by atoms with van der Waals surface area (Å²) in [5.41, 5.74) is 3.42. The monoisotopic (exact) mass is 511 g/mol. The highest BCUT2D eigenvalue weighted by atomic mass is 19.1. The number of carbonyl (C=O) groups is 3. The van der Waals surface area contributed by atoms with Gasteiger partial charge in [0.15, 0.2) is 0 Å². The molecule has 10 heteroatoms. The number of rotatable bonds is 7. The molecule has 0 radical (unpaired) electrons. The topological polar surface area (TPSA) is 120 Å². The molecule has 9 nitrogen and oxygen atoms in total. The van der Waals surface area contributed by atoms with E-state index in [1.807, 2.05) is 51.4 Å². The van der Waals surface area contributed by atoms with Gasteiger partial charge in [-0.05, 0) is 75.8 Å². The highest BCUT2D eigenvalue weighted by Crippen LogP contribution is 2.34. The highest BCUT2D eigenvalue weighted by Gasteiger charge is 2.34. The van der Waals surface area contributed by atoms with Gasteiger partial charge < -0.3 is 19.8 Å². The second-order valence-corrected chi connectivity index (χ2v) is 9.13. The quantitative estimate of drug-likeness (QED) is 0.546. The SMILES string of the molecule is CC(CN(C)C)Oc1ccc(N2N=C3c4cc(F)ccc4CCC3CC2=O)cc1.O=C(O)C=CC(=O)O. The van der Waals surface area contributed by atoms with Crippen molar-refractivity contribution in [1.82, 2.24) is 4.90 Å². The third kappa shape index (κ3) is 7.71. The van der Waals surface area contributed by atoms with Crippen LogP contribution >= 0.6 is 0 Å². The van der Waals surface area contributed by atoms with Crippen molar-refractivity contribution in [2.75, 3.05) is 25.6 Å². The van der Waals surface area contributed by atoms with Crippen LogP contribution in [0.3, 0.4) is 0 Å². The lowest BCUT2D eigenvalue weighted by atomic mass is 9.79. The second-order valence-electron chi connectivity index (χ2n) is 9.13. The van der Waals surface area contributed by atoms with Crippen LogP contribution in [-0.4, -0.2) is 65.4 Å². The number of carboxylic acids is 2. The predicted molar refractivity (Wildman–Crippen MR) is 136 cm³/mol. The summed E-state index contributed by atoms with van der Waals surface area (Å²) in [4.78, 5) is 33.9. The number of aliphatic carboxylic acids is 2. The van der Waals surface area contributed by atoms with Crippen molar-refractivity contribution < 1.29 is 33.7 Å². The van der Waals surface area contributed by atoms with Crippen molar-refractivity contribution in [3.8, 4) is 5.75 Å². The number of nitrogens with zero attached hydrogens (tertiary/aromatic N) is 3. The number of ether oxygens (including phenoxy) is 1. The van der Waals surface area contributed by atoms with Gasteiger partial charge >= 0.3 is 11.9 Å². The summed E-state index contributed by atoms with van der Waals surface area (Å²) in [5.74, 6) is -2.01. The minimum absolute atomic E-state index is 0.0340. The molecular formula is C27H30FN3O6. The molecule has 37 heavy (non-hydrogen) atoms. The average Bonchev–Trinajstić information content (AvgIpc) is 2.82. The second kappa shape index (κ2) is 12.3. The van der Waals surface area contributed by atoms with Crippen LogP contribution in [0.2, 0.25) is 0 Å². The van der Waals surface area contributed by atoms with Gasteiger partial charge in [0.25, 0.3) is 0 Å². The lowest BCUT2D eigenvalue weighted by Crippen LogP contribution is -2.39. The molecule has 0 fully saturated rings. The minimum Gasteiger partial charge on any atom is -0.489 e. The van der Waals surface area contributed by atoms with E-state index in [2.05, 4.69) is 10.0 Å². The first-order valence-electron chi connectivity index (χ1n) is 11.8. The number of carboxylic acid groups (broad SMARTS) is 2. The van der Waals surface area contributed by atoms with Crippen LogP contribution in [0.1, 0.15) is 30.9 Å².